The second-order valence-corrected chi connectivity index (χ2v) is 7.73. The number of halogens is 1. The molecule has 0 atom stereocenters. The molecule has 1 aliphatic carbocycles. The fourth-order valence-corrected chi connectivity index (χ4v) is 3.44. The van der Waals surface area contributed by atoms with Crippen molar-refractivity contribution in [3.63, 3.8) is 0 Å². The van der Waals surface area contributed by atoms with Crippen LogP contribution in [0, 0.1) is 5.92 Å². The zero-order valence-electron chi connectivity index (χ0n) is 14.8. The van der Waals surface area contributed by atoms with E-state index < -0.39 is 0 Å². The van der Waals surface area contributed by atoms with Crippen LogP contribution < -0.4 is 4.74 Å². The molecular weight excluding hydrogens is 372 g/mol. The number of methoxy groups -OCH3 is 1. The lowest BCUT2D eigenvalue weighted by molar-refractivity contribution is -0.133. The number of hydrogen-bond acceptors (Lipinski definition) is 5. The Hall–Kier alpha value is -1.63. The van der Waals surface area contributed by atoms with Gasteiger partial charge in [-0.1, -0.05) is 11.6 Å². The summed E-state index contributed by atoms with van der Waals surface area (Å²) in [6.45, 7) is 2.33. The van der Waals surface area contributed by atoms with E-state index in [0.717, 1.165) is 35.7 Å². The van der Waals surface area contributed by atoms with E-state index in [9.17, 15) is 4.79 Å². The summed E-state index contributed by atoms with van der Waals surface area (Å²) in [7, 11) is 1.68. The van der Waals surface area contributed by atoms with Gasteiger partial charge in [0.2, 0.25) is 5.91 Å². The predicted octanol–water partition coefficient (Wildman–Crippen LogP) is 4.15. The van der Waals surface area contributed by atoms with E-state index >= 15 is 0 Å². The molecule has 2 aromatic rings. The minimum Gasteiger partial charge on any atom is -0.486 e. The van der Waals surface area contributed by atoms with Crippen LogP contribution in [0.1, 0.15) is 30.0 Å². The first kappa shape index (κ1) is 19.1. The maximum absolute atomic E-state index is 12.5. The number of nitrogens with zero attached hydrogens (tertiary/aromatic N) is 2. The Kier molecular flexibility index (Phi) is 6.88. The SMILES string of the molecule is COCCCN(Cc1csc(COc2ccc(Cl)cc2)n1)C(=O)C1CC1. The van der Waals surface area contributed by atoms with E-state index in [2.05, 4.69) is 4.98 Å². The minimum atomic E-state index is 0.212. The molecule has 3 rings (SSSR count). The van der Waals surface area contributed by atoms with Crippen LogP contribution in [0.2, 0.25) is 5.02 Å². The second-order valence-electron chi connectivity index (χ2n) is 6.36. The largest absolute Gasteiger partial charge is 0.486 e. The van der Waals surface area contributed by atoms with E-state index in [1.54, 1.807) is 30.6 Å². The molecule has 1 aliphatic rings. The number of carbonyl (C=O) groups excluding carboxylic acids is 1. The molecule has 7 heteroatoms. The molecule has 0 unspecified atom stereocenters. The number of carbonyl (C=O) groups is 1. The average molecular weight is 395 g/mol. The first-order chi connectivity index (χ1) is 12.7. The lowest BCUT2D eigenvalue weighted by atomic mass is 10.3. The summed E-state index contributed by atoms with van der Waals surface area (Å²) in [6, 6.07) is 7.27. The van der Waals surface area contributed by atoms with E-state index in [1.165, 1.54) is 0 Å². The lowest BCUT2D eigenvalue weighted by Gasteiger charge is -2.21. The van der Waals surface area contributed by atoms with Gasteiger partial charge >= 0.3 is 0 Å². The van der Waals surface area contributed by atoms with Crippen LogP contribution in [-0.4, -0.2) is 36.1 Å². The molecule has 0 bridgehead atoms. The number of thiazole rings is 1. The monoisotopic (exact) mass is 394 g/mol. The van der Waals surface area contributed by atoms with E-state index in [4.69, 9.17) is 21.1 Å². The van der Waals surface area contributed by atoms with E-state index in [-0.39, 0.29) is 11.8 Å². The van der Waals surface area contributed by atoms with Crippen LogP contribution in [-0.2, 0) is 22.7 Å². The molecular formula is C19H23ClN2O3S. The Balaban J connectivity index is 1.54. The summed E-state index contributed by atoms with van der Waals surface area (Å²) in [4.78, 5) is 19.0. The topological polar surface area (TPSA) is 51.7 Å². The Bertz CT molecular complexity index is 716. The van der Waals surface area contributed by atoms with Gasteiger partial charge < -0.3 is 14.4 Å². The van der Waals surface area contributed by atoms with Crippen LogP contribution in [0.4, 0.5) is 0 Å². The summed E-state index contributed by atoms with van der Waals surface area (Å²) in [6.07, 6.45) is 2.86. The summed E-state index contributed by atoms with van der Waals surface area (Å²) >= 11 is 7.43. The summed E-state index contributed by atoms with van der Waals surface area (Å²) in [5, 5.41) is 3.58. The van der Waals surface area contributed by atoms with Gasteiger partial charge in [-0.15, -0.1) is 11.3 Å². The van der Waals surface area contributed by atoms with Crippen LogP contribution in [0.5, 0.6) is 5.75 Å². The first-order valence-electron chi connectivity index (χ1n) is 8.75. The van der Waals surface area contributed by atoms with Gasteiger partial charge in [-0.05, 0) is 43.5 Å². The molecule has 1 amide bonds. The molecule has 0 saturated heterocycles. The van der Waals surface area contributed by atoms with Crippen molar-refractivity contribution in [1.29, 1.82) is 0 Å². The van der Waals surface area contributed by atoms with Crippen LogP contribution in [0.3, 0.4) is 0 Å². The van der Waals surface area contributed by atoms with Crippen molar-refractivity contribution < 1.29 is 14.3 Å². The molecule has 0 N–H and O–H groups in total. The Morgan fingerprint density at radius 1 is 1.35 bits per heavy atom. The minimum absolute atomic E-state index is 0.212. The molecule has 0 aliphatic heterocycles. The van der Waals surface area contributed by atoms with Gasteiger partial charge in [0.25, 0.3) is 0 Å². The van der Waals surface area contributed by atoms with Crippen molar-refractivity contribution in [2.24, 2.45) is 5.92 Å². The molecule has 0 spiro atoms. The normalized spacial score (nSPS) is 13.6. The van der Waals surface area contributed by atoms with Crippen molar-refractivity contribution in [2.45, 2.75) is 32.4 Å². The van der Waals surface area contributed by atoms with Crippen molar-refractivity contribution in [3.05, 3.63) is 45.4 Å². The van der Waals surface area contributed by atoms with Gasteiger partial charge in [0, 0.05) is 36.6 Å². The predicted molar refractivity (Wildman–Crippen MR) is 103 cm³/mol. The molecule has 1 heterocycles. The van der Waals surface area contributed by atoms with Gasteiger partial charge in [0.05, 0.1) is 12.2 Å². The first-order valence-corrected chi connectivity index (χ1v) is 10.0. The molecule has 1 saturated carbocycles. The van der Waals surface area contributed by atoms with Crippen LogP contribution in [0.25, 0.3) is 0 Å². The second kappa shape index (κ2) is 9.35. The summed E-state index contributed by atoms with van der Waals surface area (Å²) in [5.74, 6) is 1.22. The van der Waals surface area contributed by atoms with Crippen LogP contribution >= 0.6 is 22.9 Å². The third-order valence-electron chi connectivity index (χ3n) is 4.14. The lowest BCUT2D eigenvalue weighted by Crippen LogP contribution is -2.33. The third-order valence-corrected chi connectivity index (χ3v) is 5.27. The smallest absolute Gasteiger partial charge is 0.226 e. The van der Waals surface area contributed by atoms with Gasteiger partial charge in [0.15, 0.2) is 0 Å². The van der Waals surface area contributed by atoms with Crippen molar-refractivity contribution in [2.75, 3.05) is 20.3 Å². The molecule has 26 heavy (non-hydrogen) atoms. The Morgan fingerprint density at radius 3 is 2.81 bits per heavy atom. The standard InChI is InChI=1S/C19H23ClN2O3S/c1-24-10-2-9-22(19(23)14-3-4-14)11-16-13-26-18(21-16)12-25-17-7-5-15(20)6-8-17/h5-8,13-14H,2-4,9-12H2,1H3. The number of amides is 1. The van der Waals surface area contributed by atoms with Crippen molar-refractivity contribution >= 4 is 28.8 Å². The number of ether oxygens (including phenoxy) is 2. The van der Waals surface area contributed by atoms with Gasteiger partial charge in [-0.25, -0.2) is 4.98 Å². The van der Waals surface area contributed by atoms with Gasteiger partial charge in [-0.3, -0.25) is 4.79 Å². The number of rotatable bonds is 10. The zero-order chi connectivity index (χ0) is 18.4. The average Bonchev–Trinajstić information content (AvgIpc) is 3.40. The molecule has 0 radical (unpaired) electrons. The molecule has 140 valence electrons. The number of aromatic nitrogens is 1. The van der Waals surface area contributed by atoms with E-state index in [1.807, 2.05) is 22.4 Å². The summed E-state index contributed by atoms with van der Waals surface area (Å²) in [5.41, 5.74) is 0.913. The van der Waals surface area contributed by atoms with Crippen LogP contribution in [0.15, 0.2) is 29.6 Å². The fraction of sp³-hybridized carbons (Fsp3) is 0.474. The maximum atomic E-state index is 12.5. The van der Waals surface area contributed by atoms with E-state index in [0.29, 0.717) is 31.3 Å². The summed E-state index contributed by atoms with van der Waals surface area (Å²) < 4.78 is 10.8. The number of benzene rings is 1. The highest BCUT2D eigenvalue weighted by Crippen LogP contribution is 2.31. The molecule has 1 aromatic heterocycles. The van der Waals surface area contributed by atoms with Gasteiger partial charge in [-0.2, -0.15) is 0 Å². The maximum Gasteiger partial charge on any atom is 0.226 e. The molecule has 1 aromatic carbocycles. The quantitative estimate of drug-likeness (QED) is 0.568. The molecule has 5 nitrogen and oxygen atoms in total. The highest BCUT2D eigenvalue weighted by molar-refractivity contribution is 7.09. The highest BCUT2D eigenvalue weighted by atomic mass is 35.5. The Labute approximate surface area is 162 Å². The van der Waals surface area contributed by atoms with Crippen molar-refractivity contribution in [3.8, 4) is 5.75 Å². The van der Waals surface area contributed by atoms with Crippen molar-refractivity contribution in [1.82, 2.24) is 9.88 Å². The Morgan fingerprint density at radius 2 is 2.12 bits per heavy atom. The zero-order valence-corrected chi connectivity index (χ0v) is 16.4. The molecule has 1 fully saturated rings. The van der Waals surface area contributed by atoms with Gasteiger partial charge in [0.1, 0.15) is 17.4 Å². The number of hydrogen-bond donors (Lipinski definition) is 0. The fourth-order valence-electron chi connectivity index (χ4n) is 2.61. The third kappa shape index (κ3) is 5.69. The highest BCUT2D eigenvalue weighted by Gasteiger charge is 2.33.